The lowest BCUT2D eigenvalue weighted by Crippen LogP contribution is -2.23. The Morgan fingerprint density at radius 2 is 2.06 bits per heavy atom. The highest BCUT2D eigenvalue weighted by Crippen LogP contribution is 2.28. The molecule has 3 rings (SSSR count). The Balaban J connectivity index is 1.68. The monoisotopic (exact) mass is 460 g/mol. The minimum Gasteiger partial charge on any atom is -0.462 e. The number of hydrogen-bond donors (Lipinski definition) is 2. The SMILES string of the molecule is CCCCc1cc(=O)[nH]c(SC(C)C(=O)Nc2nc3ccc(C(=O)OCC)cc3s2)n1. The van der Waals surface area contributed by atoms with Gasteiger partial charge >= 0.3 is 5.97 Å². The number of hydrogen-bond acceptors (Lipinski definition) is 8. The molecule has 0 spiro atoms. The fourth-order valence-corrected chi connectivity index (χ4v) is 4.51. The van der Waals surface area contributed by atoms with Crippen molar-refractivity contribution >= 4 is 50.3 Å². The molecule has 31 heavy (non-hydrogen) atoms. The Morgan fingerprint density at radius 3 is 2.81 bits per heavy atom. The number of unbranched alkanes of at least 4 members (excludes halogenated alkanes) is 1. The van der Waals surface area contributed by atoms with Gasteiger partial charge in [0.25, 0.3) is 5.56 Å². The number of H-pyrrole nitrogens is 1. The molecule has 2 heterocycles. The van der Waals surface area contributed by atoms with Gasteiger partial charge in [-0.15, -0.1) is 0 Å². The molecule has 0 aliphatic carbocycles. The van der Waals surface area contributed by atoms with E-state index < -0.39 is 11.2 Å². The fourth-order valence-electron chi connectivity index (χ4n) is 2.77. The number of carbonyl (C=O) groups is 2. The van der Waals surface area contributed by atoms with Gasteiger partial charge in [-0.1, -0.05) is 36.4 Å². The highest BCUT2D eigenvalue weighted by Gasteiger charge is 2.18. The Kier molecular flexibility index (Phi) is 7.80. The molecule has 0 aliphatic rings. The number of ether oxygens (including phenoxy) is 1. The summed E-state index contributed by atoms with van der Waals surface area (Å²) in [5.74, 6) is -0.646. The van der Waals surface area contributed by atoms with E-state index in [0.717, 1.165) is 29.7 Å². The van der Waals surface area contributed by atoms with Gasteiger partial charge in [0, 0.05) is 11.8 Å². The largest absolute Gasteiger partial charge is 0.462 e. The zero-order valence-corrected chi connectivity index (χ0v) is 19.2. The minimum atomic E-state index is -0.494. The van der Waals surface area contributed by atoms with Crippen molar-refractivity contribution < 1.29 is 14.3 Å². The molecular weight excluding hydrogens is 436 g/mol. The molecule has 0 fully saturated rings. The van der Waals surface area contributed by atoms with Gasteiger partial charge in [0.15, 0.2) is 10.3 Å². The molecule has 1 atom stereocenters. The zero-order chi connectivity index (χ0) is 22.4. The van der Waals surface area contributed by atoms with E-state index in [-0.39, 0.29) is 11.5 Å². The molecule has 1 amide bonds. The minimum absolute atomic E-state index is 0.222. The van der Waals surface area contributed by atoms with E-state index in [1.54, 1.807) is 32.0 Å². The predicted molar refractivity (Wildman–Crippen MR) is 123 cm³/mol. The number of anilines is 1. The number of esters is 1. The second-order valence-electron chi connectivity index (χ2n) is 6.82. The number of thioether (sulfide) groups is 1. The van der Waals surface area contributed by atoms with E-state index >= 15 is 0 Å². The molecule has 0 saturated heterocycles. The van der Waals surface area contributed by atoms with Crippen LogP contribution in [-0.4, -0.2) is 38.7 Å². The Morgan fingerprint density at radius 1 is 1.26 bits per heavy atom. The highest BCUT2D eigenvalue weighted by atomic mass is 32.2. The zero-order valence-electron chi connectivity index (χ0n) is 17.6. The maximum Gasteiger partial charge on any atom is 0.338 e. The molecule has 0 saturated carbocycles. The van der Waals surface area contributed by atoms with Gasteiger partial charge in [0.1, 0.15) is 0 Å². The second-order valence-corrected chi connectivity index (χ2v) is 9.18. The molecule has 8 nitrogen and oxygen atoms in total. The lowest BCUT2D eigenvalue weighted by molar-refractivity contribution is -0.115. The normalized spacial score (nSPS) is 12.0. The Bertz CT molecular complexity index is 1140. The second kappa shape index (κ2) is 10.5. The van der Waals surface area contributed by atoms with Crippen LogP contribution in [0.1, 0.15) is 49.7 Å². The van der Waals surface area contributed by atoms with Crippen molar-refractivity contribution in [2.45, 2.75) is 50.4 Å². The number of thiazole rings is 1. The smallest absolute Gasteiger partial charge is 0.338 e. The van der Waals surface area contributed by atoms with Crippen LogP contribution in [0.5, 0.6) is 0 Å². The molecule has 0 aliphatic heterocycles. The number of nitrogens with one attached hydrogen (secondary N) is 2. The lowest BCUT2D eigenvalue weighted by atomic mass is 10.2. The summed E-state index contributed by atoms with van der Waals surface area (Å²) in [5.41, 5.74) is 1.63. The molecule has 0 bridgehead atoms. The van der Waals surface area contributed by atoms with Crippen molar-refractivity contribution in [1.82, 2.24) is 15.0 Å². The molecule has 10 heteroatoms. The number of rotatable bonds is 9. The third kappa shape index (κ3) is 6.14. The van der Waals surface area contributed by atoms with E-state index in [1.807, 2.05) is 0 Å². The van der Waals surface area contributed by atoms with E-state index in [1.165, 1.54) is 29.2 Å². The Labute approximate surface area is 187 Å². The standard InChI is InChI=1S/C21H24N4O4S2/c1-4-6-7-14-11-17(26)24-20(22-14)30-12(3)18(27)25-21-23-15-9-8-13(10-16(15)31-21)19(28)29-5-2/h8-12H,4-7H2,1-3H3,(H,22,24,26)(H,23,25,27). The van der Waals surface area contributed by atoms with Crippen LogP contribution in [-0.2, 0) is 16.0 Å². The van der Waals surface area contributed by atoms with Crippen LogP contribution in [0.15, 0.2) is 34.2 Å². The van der Waals surface area contributed by atoms with Crippen LogP contribution in [0.25, 0.3) is 10.2 Å². The average molecular weight is 461 g/mol. The van der Waals surface area contributed by atoms with E-state index in [0.29, 0.717) is 28.0 Å². The van der Waals surface area contributed by atoms with Crippen LogP contribution < -0.4 is 10.9 Å². The molecule has 1 unspecified atom stereocenters. The maximum absolute atomic E-state index is 12.6. The van der Waals surface area contributed by atoms with Crippen molar-refractivity contribution in [2.24, 2.45) is 0 Å². The average Bonchev–Trinajstić information content (AvgIpc) is 3.13. The summed E-state index contributed by atoms with van der Waals surface area (Å²) in [5, 5.41) is 3.16. The van der Waals surface area contributed by atoms with Gasteiger partial charge in [-0.05, 0) is 44.9 Å². The quantitative estimate of drug-likeness (QED) is 0.282. The van der Waals surface area contributed by atoms with Gasteiger partial charge in [-0.25, -0.2) is 14.8 Å². The van der Waals surface area contributed by atoms with Crippen molar-refractivity contribution in [1.29, 1.82) is 0 Å². The number of amides is 1. The van der Waals surface area contributed by atoms with Gasteiger partial charge < -0.3 is 15.0 Å². The van der Waals surface area contributed by atoms with Crippen LogP contribution in [0, 0.1) is 0 Å². The van der Waals surface area contributed by atoms with E-state index in [4.69, 9.17) is 4.74 Å². The van der Waals surface area contributed by atoms with Gasteiger partial charge in [0.2, 0.25) is 5.91 Å². The number of aromatic nitrogens is 3. The number of carbonyl (C=O) groups excluding carboxylic acids is 2. The van der Waals surface area contributed by atoms with Crippen LogP contribution >= 0.6 is 23.1 Å². The summed E-state index contributed by atoms with van der Waals surface area (Å²) in [4.78, 5) is 47.9. The summed E-state index contributed by atoms with van der Waals surface area (Å²) in [6.07, 6.45) is 2.69. The molecule has 3 aromatic rings. The van der Waals surface area contributed by atoms with Gasteiger partial charge in [-0.2, -0.15) is 0 Å². The highest BCUT2D eigenvalue weighted by molar-refractivity contribution is 8.00. The summed E-state index contributed by atoms with van der Waals surface area (Å²) in [7, 11) is 0. The topological polar surface area (TPSA) is 114 Å². The molecule has 2 N–H and O–H groups in total. The summed E-state index contributed by atoms with van der Waals surface area (Å²) in [6.45, 7) is 5.88. The summed E-state index contributed by atoms with van der Waals surface area (Å²) < 4.78 is 5.79. The van der Waals surface area contributed by atoms with E-state index in [9.17, 15) is 14.4 Å². The predicted octanol–water partition coefficient (Wildman–Crippen LogP) is 4.02. The fraction of sp³-hybridized carbons (Fsp3) is 0.381. The number of aryl methyl sites for hydroxylation is 1. The molecule has 1 aromatic carbocycles. The lowest BCUT2D eigenvalue weighted by Gasteiger charge is -2.10. The van der Waals surface area contributed by atoms with Gasteiger partial charge in [-0.3, -0.25) is 9.59 Å². The third-order valence-corrected chi connectivity index (χ3v) is 6.26. The summed E-state index contributed by atoms with van der Waals surface area (Å²) >= 11 is 2.47. The van der Waals surface area contributed by atoms with Crippen LogP contribution in [0.4, 0.5) is 5.13 Å². The van der Waals surface area contributed by atoms with Crippen molar-refractivity contribution in [3.05, 3.63) is 45.9 Å². The van der Waals surface area contributed by atoms with Crippen LogP contribution in [0.3, 0.4) is 0 Å². The van der Waals surface area contributed by atoms with Gasteiger partial charge in [0.05, 0.1) is 27.6 Å². The molecule has 0 radical (unpaired) electrons. The van der Waals surface area contributed by atoms with Crippen molar-refractivity contribution in [3.63, 3.8) is 0 Å². The molecular formula is C21H24N4O4S2. The molecule has 164 valence electrons. The first-order valence-corrected chi connectivity index (χ1v) is 11.7. The number of benzene rings is 1. The third-order valence-electron chi connectivity index (χ3n) is 4.35. The van der Waals surface area contributed by atoms with Crippen molar-refractivity contribution in [2.75, 3.05) is 11.9 Å². The van der Waals surface area contributed by atoms with Crippen LogP contribution in [0.2, 0.25) is 0 Å². The first kappa shape index (κ1) is 23.0. The number of aromatic amines is 1. The number of nitrogens with zero attached hydrogens (tertiary/aromatic N) is 2. The maximum atomic E-state index is 12.6. The first-order valence-electron chi connectivity index (χ1n) is 10.0. The first-order chi connectivity index (χ1) is 14.9. The number of fused-ring (bicyclic) bond motifs is 1. The molecule has 2 aromatic heterocycles. The summed E-state index contributed by atoms with van der Waals surface area (Å²) in [6, 6.07) is 6.57. The van der Waals surface area contributed by atoms with Crippen molar-refractivity contribution in [3.8, 4) is 0 Å². The van der Waals surface area contributed by atoms with E-state index in [2.05, 4.69) is 27.2 Å². The Hall–Kier alpha value is -2.72.